The van der Waals surface area contributed by atoms with Crippen LogP contribution in [0.3, 0.4) is 0 Å². The number of pyridine rings is 2. The second-order valence-electron chi connectivity index (χ2n) is 19.5. The van der Waals surface area contributed by atoms with Crippen LogP contribution in [0.4, 0.5) is 15.3 Å². The molecule has 4 bridgehead atoms. The number of imide groups is 2. The number of hydrogen-bond donors (Lipinski definition) is 6. The van der Waals surface area contributed by atoms with Crippen molar-refractivity contribution in [3.8, 4) is 0 Å². The second-order valence-corrected chi connectivity index (χ2v) is 19.5. The van der Waals surface area contributed by atoms with Crippen LogP contribution >= 0.6 is 0 Å². The predicted octanol–water partition coefficient (Wildman–Crippen LogP) is 3.71. The van der Waals surface area contributed by atoms with Crippen LogP contribution in [0.1, 0.15) is 114 Å². The molecule has 1 aromatic carbocycles. The summed E-state index contributed by atoms with van der Waals surface area (Å²) in [6.07, 6.45) is 3.51. The van der Waals surface area contributed by atoms with Gasteiger partial charge in [-0.05, 0) is 84.9 Å². The third-order valence-corrected chi connectivity index (χ3v) is 15.1. The number of carbonyl (C=O) groups excluding carboxylic acids is 4. The van der Waals surface area contributed by atoms with Gasteiger partial charge in [-0.3, -0.25) is 49.6 Å². The van der Waals surface area contributed by atoms with Gasteiger partial charge in [0.15, 0.2) is 11.1 Å². The van der Waals surface area contributed by atoms with Gasteiger partial charge in [0.05, 0.1) is 11.4 Å². The van der Waals surface area contributed by atoms with Crippen molar-refractivity contribution in [3.63, 3.8) is 0 Å². The van der Waals surface area contributed by atoms with E-state index in [9.17, 15) is 39.0 Å². The Hall–Kier alpha value is -5.94. The van der Waals surface area contributed by atoms with E-state index in [0.717, 1.165) is 11.3 Å². The van der Waals surface area contributed by atoms with Gasteiger partial charge in [-0.1, -0.05) is 58.9 Å². The van der Waals surface area contributed by atoms with Crippen molar-refractivity contribution in [3.05, 3.63) is 89.0 Å². The smallest absolute Gasteiger partial charge is 0.411 e. The van der Waals surface area contributed by atoms with Crippen molar-refractivity contribution in [2.24, 2.45) is 11.5 Å². The highest BCUT2D eigenvalue weighted by atomic mass is 16.4. The summed E-state index contributed by atoms with van der Waals surface area (Å²) in [7, 11) is 0. The highest BCUT2D eigenvalue weighted by Gasteiger charge is 2.68. The summed E-state index contributed by atoms with van der Waals surface area (Å²) >= 11 is 0. The van der Waals surface area contributed by atoms with E-state index in [1.807, 2.05) is 12.1 Å². The highest BCUT2D eigenvalue weighted by molar-refractivity contribution is 6.01. The van der Waals surface area contributed by atoms with Crippen molar-refractivity contribution < 1.29 is 39.0 Å². The largest absolute Gasteiger partial charge is 0.465 e. The molecule has 7 heterocycles. The van der Waals surface area contributed by atoms with Crippen LogP contribution < -0.4 is 27.0 Å². The molecule has 2 aromatic heterocycles. The Morgan fingerprint density at radius 2 is 1.06 bits per heavy atom. The molecule has 3 aromatic rings. The molecule has 17 nitrogen and oxygen atoms in total. The standard InChI is InChI=1S/C46H57N9O8/c1-42(2,3)26-10-14-29(15-11-26)55-32(30-8-6-20-53(30)45(38(58)51-40(60)61)34-18-12-27(24-49-34)43(45,4)22-36(47)56)16-17-33(55)31-9-7-21-54(31)46(39(59)52-41(62)63)35-19-13-28(25-50-35)44(46,5)23-37(48)57/h10-15,18-19,24-25,30-33H,6-9,16-17,20-23H2,1-5H3,(H2,47,56)(H2,48,57)(H,51,58)(H,52,59)(H,60,61)(H,62,63)/t30?,31?,32-,33-,43?,44?,45+,46+/m1/s1. The minimum absolute atomic E-state index is 0.150. The molecule has 0 saturated carbocycles. The SMILES string of the molecule is CC(C)(C)c1ccc(N2[C@@H](C3CCCN3[C@]3(C(=O)NC(=O)O)c4ccc(cn4)C3(C)CC(N)=O)CC[C@@H]2C2CCCN2[C@]2(C(=O)NC(=O)O)c3ccc(cn3)C2(C)CC(N)=O)cc1. The van der Waals surface area contributed by atoms with E-state index in [-0.39, 0.29) is 42.4 Å². The number of likely N-dealkylation sites (tertiary alicyclic amines) is 2. The maximum atomic E-state index is 14.8. The second kappa shape index (κ2) is 15.4. The molecule has 5 aliphatic heterocycles. The lowest BCUT2D eigenvalue weighted by molar-refractivity contribution is -0.145. The van der Waals surface area contributed by atoms with Crippen molar-refractivity contribution in [2.45, 2.75) is 137 Å². The number of fused-ring (bicyclic) bond motifs is 6. The number of nitrogens with two attached hydrogens (primary N) is 2. The number of amides is 6. The molecule has 8 N–H and O–H groups in total. The zero-order valence-corrected chi connectivity index (χ0v) is 36.4. The first-order valence-electron chi connectivity index (χ1n) is 21.7. The molecular weight excluding hydrogens is 807 g/mol. The van der Waals surface area contributed by atoms with E-state index >= 15 is 0 Å². The van der Waals surface area contributed by atoms with Crippen LogP contribution in [0.5, 0.6) is 0 Å². The molecule has 3 fully saturated rings. The van der Waals surface area contributed by atoms with Gasteiger partial charge in [0.2, 0.25) is 11.8 Å². The van der Waals surface area contributed by atoms with Crippen LogP contribution in [-0.4, -0.2) is 103 Å². The number of nitrogens with zero attached hydrogens (tertiary/aromatic N) is 5. The number of carboxylic acid groups (broad SMARTS) is 2. The summed E-state index contributed by atoms with van der Waals surface area (Å²) in [5.74, 6) is -2.93. The van der Waals surface area contributed by atoms with Crippen molar-refractivity contribution >= 4 is 41.5 Å². The summed E-state index contributed by atoms with van der Waals surface area (Å²) in [5, 5.41) is 24.4. The summed E-state index contributed by atoms with van der Waals surface area (Å²) < 4.78 is 0. The number of nitrogens with one attached hydrogen (secondary N) is 2. The average Bonchev–Trinajstić information content (AvgIpc) is 3.98. The summed E-state index contributed by atoms with van der Waals surface area (Å²) in [4.78, 5) is 96.2. The maximum absolute atomic E-state index is 14.8. The van der Waals surface area contributed by atoms with Crippen molar-refractivity contribution in [2.75, 3.05) is 18.0 Å². The Bertz CT molecular complexity index is 2220. The average molecular weight is 864 g/mol. The lowest BCUT2D eigenvalue weighted by Gasteiger charge is -2.57. The summed E-state index contributed by atoms with van der Waals surface area (Å²) in [6, 6.07) is 14.2. The number of rotatable bonds is 11. The van der Waals surface area contributed by atoms with Crippen LogP contribution in [0, 0.1) is 0 Å². The molecule has 7 aliphatic rings. The third kappa shape index (κ3) is 6.48. The van der Waals surface area contributed by atoms with Gasteiger partial charge in [-0.2, -0.15) is 0 Å². The Morgan fingerprint density at radius 1 is 0.651 bits per heavy atom. The molecule has 0 radical (unpaired) electrons. The van der Waals surface area contributed by atoms with Gasteiger partial charge in [0.25, 0.3) is 11.8 Å². The molecule has 6 amide bonds. The molecule has 10 rings (SSSR count). The minimum Gasteiger partial charge on any atom is -0.465 e. The number of carbonyl (C=O) groups is 6. The third-order valence-electron chi connectivity index (χ3n) is 15.1. The molecule has 334 valence electrons. The van der Waals surface area contributed by atoms with E-state index in [4.69, 9.17) is 21.4 Å². The number of benzene rings is 1. The normalized spacial score (nSPS) is 31.3. The zero-order chi connectivity index (χ0) is 45.4. The number of aromatic nitrogens is 2. The van der Waals surface area contributed by atoms with Gasteiger partial charge < -0.3 is 26.6 Å². The van der Waals surface area contributed by atoms with Gasteiger partial charge in [-0.25, -0.2) is 9.59 Å². The predicted molar refractivity (Wildman–Crippen MR) is 230 cm³/mol. The maximum Gasteiger partial charge on any atom is 0.411 e. The first-order chi connectivity index (χ1) is 29.7. The van der Waals surface area contributed by atoms with Gasteiger partial charge in [-0.15, -0.1) is 0 Å². The monoisotopic (exact) mass is 863 g/mol. The fraction of sp³-hybridized carbons (Fsp3) is 0.522. The van der Waals surface area contributed by atoms with Gasteiger partial charge in [0.1, 0.15) is 0 Å². The van der Waals surface area contributed by atoms with E-state index in [1.54, 1.807) is 38.4 Å². The molecule has 0 spiro atoms. The van der Waals surface area contributed by atoms with E-state index in [2.05, 4.69) is 70.4 Å². The summed E-state index contributed by atoms with van der Waals surface area (Å²) in [6.45, 7) is 10.8. The molecule has 8 atom stereocenters. The Morgan fingerprint density at radius 3 is 1.40 bits per heavy atom. The fourth-order valence-electron chi connectivity index (χ4n) is 12.7. The van der Waals surface area contributed by atoms with Gasteiger partial charge in [0, 0.05) is 79.0 Å². The highest BCUT2D eigenvalue weighted by Crippen LogP contribution is 2.58. The summed E-state index contributed by atoms with van der Waals surface area (Å²) in [5.41, 5.74) is 9.52. The Kier molecular flexibility index (Phi) is 10.7. The molecule has 63 heavy (non-hydrogen) atoms. The van der Waals surface area contributed by atoms with Crippen LogP contribution in [0.15, 0.2) is 60.9 Å². The Labute approximate surface area is 366 Å². The lowest BCUT2D eigenvalue weighted by Crippen LogP contribution is -2.72. The van der Waals surface area contributed by atoms with Crippen molar-refractivity contribution in [1.29, 1.82) is 0 Å². The van der Waals surface area contributed by atoms with Crippen LogP contribution in [-0.2, 0) is 46.5 Å². The molecule has 3 saturated heterocycles. The van der Waals surface area contributed by atoms with Crippen molar-refractivity contribution in [1.82, 2.24) is 30.4 Å². The quantitative estimate of drug-likeness (QED) is 0.161. The van der Waals surface area contributed by atoms with Crippen LogP contribution in [0.25, 0.3) is 0 Å². The molecule has 4 unspecified atom stereocenters. The van der Waals surface area contributed by atoms with E-state index in [0.29, 0.717) is 74.1 Å². The number of primary amides is 2. The number of hydrogen-bond acceptors (Lipinski definition) is 11. The number of anilines is 1. The van der Waals surface area contributed by atoms with Crippen LogP contribution in [0.2, 0.25) is 0 Å². The zero-order valence-electron chi connectivity index (χ0n) is 36.4. The first kappa shape index (κ1) is 43.7. The lowest BCUT2D eigenvalue weighted by atomic mass is 9.58. The van der Waals surface area contributed by atoms with Gasteiger partial charge >= 0.3 is 12.2 Å². The first-order valence-corrected chi connectivity index (χ1v) is 21.7. The molecular formula is C46H57N9O8. The van der Waals surface area contributed by atoms with E-state index < -0.39 is 57.7 Å². The van der Waals surface area contributed by atoms with E-state index in [1.165, 1.54) is 0 Å². The minimum atomic E-state index is -1.73. The molecule has 17 heteroatoms. The Balaban J connectivity index is 1.29. The topological polar surface area (TPSA) is 254 Å². The fourth-order valence-corrected chi connectivity index (χ4v) is 12.7. The molecule has 2 aliphatic carbocycles.